The van der Waals surface area contributed by atoms with Gasteiger partial charge in [-0.25, -0.2) is 13.6 Å². The van der Waals surface area contributed by atoms with Crippen molar-refractivity contribution < 1.29 is 13.2 Å². The first-order chi connectivity index (χ1) is 7.71. The van der Waals surface area contributed by atoms with Crippen molar-refractivity contribution >= 4 is 37.5 Å². The van der Waals surface area contributed by atoms with Crippen molar-refractivity contribution in [2.75, 3.05) is 5.32 Å². The molecule has 17 heavy (non-hydrogen) atoms. The van der Waals surface area contributed by atoms with Crippen molar-refractivity contribution in [1.29, 1.82) is 0 Å². The van der Waals surface area contributed by atoms with E-state index in [2.05, 4.69) is 21.2 Å². The van der Waals surface area contributed by atoms with Gasteiger partial charge in [0.15, 0.2) is 0 Å². The Balaban J connectivity index is 3.03. The summed E-state index contributed by atoms with van der Waals surface area (Å²) < 4.78 is 22.7. The highest BCUT2D eigenvalue weighted by Gasteiger charge is 2.13. The molecule has 0 bridgehead atoms. The van der Waals surface area contributed by atoms with Crippen LogP contribution in [0.15, 0.2) is 27.6 Å². The number of hydrogen-bond donors (Lipinski definition) is 2. The Hall–Kier alpha value is -0.920. The van der Waals surface area contributed by atoms with Crippen LogP contribution in [0.3, 0.4) is 0 Å². The zero-order valence-electron chi connectivity index (χ0n) is 9.40. The Kier molecular flexibility index (Phi) is 4.29. The van der Waals surface area contributed by atoms with Crippen molar-refractivity contribution in [3.05, 3.63) is 22.7 Å². The van der Waals surface area contributed by atoms with Gasteiger partial charge in [0.2, 0.25) is 15.9 Å². The fourth-order valence-electron chi connectivity index (χ4n) is 1.05. The van der Waals surface area contributed by atoms with Gasteiger partial charge in [0.05, 0.1) is 10.6 Å². The third-order valence-corrected chi connectivity index (χ3v) is 3.62. The molecule has 0 fully saturated rings. The smallest absolute Gasteiger partial charge is 0.238 e. The van der Waals surface area contributed by atoms with Gasteiger partial charge in [-0.15, -0.1) is 0 Å². The molecule has 0 aliphatic carbocycles. The first kappa shape index (κ1) is 14.1. The van der Waals surface area contributed by atoms with E-state index < -0.39 is 10.0 Å². The zero-order chi connectivity index (χ0) is 13.2. The highest BCUT2D eigenvalue weighted by Crippen LogP contribution is 2.25. The van der Waals surface area contributed by atoms with Crippen LogP contribution in [-0.2, 0) is 14.8 Å². The molecule has 5 nitrogen and oxygen atoms in total. The van der Waals surface area contributed by atoms with Crippen molar-refractivity contribution in [2.24, 2.45) is 11.1 Å². The second kappa shape index (κ2) is 5.16. The summed E-state index contributed by atoms with van der Waals surface area (Å²) >= 11 is 3.18. The summed E-state index contributed by atoms with van der Waals surface area (Å²) in [6.45, 7) is 3.53. The fraction of sp³-hybridized carbons (Fsp3) is 0.300. The molecule has 0 saturated heterocycles. The lowest BCUT2D eigenvalue weighted by molar-refractivity contribution is -0.118. The number of carbonyl (C=O) groups excluding carboxylic acids is 1. The minimum Gasteiger partial charge on any atom is -0.325 e. The number of carbonyl (C=O) groups is 1. The number of hydrogen-bond acceptors (Lipinski definition) is 3. The number of sulfonamides is 1. The van der Waals surface area contributed by atoms with Crippen LogP contribution in [0.25, 0.3) is 0 Å². The number of anilines is 1. The van der Waals surface area contributed by atoms with Crippen LogP contribution < -0.4 is 10.5 Å². The van der Waals surface area contributed by atoms with Crippen LogP contribution in [0.4, 0.5) is 5.69 Å². The Morgan fingerprint density at radius 2 is 2.00 bits per heavy atom. The predicted molar refractivity (Wildman–Crippen MR) is 69.0 cm³/mol. The topological polar surface area (TPSA) is 89.3 Å². The summed E-state index contributed by atoms with van der Waals surface area (Å²) in [6.07, 6.45) is 0. The normalized spacial score (nSPS) is 11.6. The number of rotatable bonds is 3. The Morgan fingerprint density at radius 1 is 1.41 bits per heavy atom. The molecular formula is C10H13BrN2O3S. The fourth-order valence-corrected chi connectivity index (χ4v) is 2.22. The maximum absolute atomic E-state index is 11.5. The Labute approximate surface area is 109 Å². The summed E-state index contributed by atoms with van der Waals surface area (Å²) in [5, 5.41) is 7.66. The van der Waals surface area contributed by atoms with E-state index in [-0.39, 0.29) is 16.7 Å². The van der Waals surface area contributed by atoms with E-state index in [1.807, 2.05) is 0 Å². The summed E-state index contributed by atoms with van der Waals surface area (Å²) in [5.74, 6) is -0.297. The Bertz CT molecular complexity index is 540. The van der Waals surface area contributed by atoms with Crippen LogP contribution in [0.2, 0.25) is 0 Å². The van der Waals surface area contributed by atoms with Gasteiger partial charge >= 0.3 is 0 Å². The first-order valence-corrected chi connectivity index (χ1v) is 7.19. The SMILES string of the molecule is CC(C)C(=O)Nc1ccc(S(N)(=O)=O)cc1Br. The minimum absolute atomic E-state index is 0.00748. The lowest BCUT2D eigenvalue weighted by Gasteiger charge is -2.10. The van der Waals surface area contributed by atoms with Crippen LogP contribution in [0.5, 0.6) is 0 Å². The summed E-state index contributed by atoms with van der Waals surface area (Å²) in [6, 6.07) is 4.19. The molecule has 0 aliphatic heterocycles. The molecular weight excluding hydrogens is 308 g/mol. The number of nitrogens with two attached hydrogens (primary N) is 1. The molecule has 0 heterocycles. The minimum atomic E-state index is -3.73. The number of primary sulfonamides is 1. The monoisotopic (exact) mass is 320 g/mol. The number of halogens is 1. The van der Waals surface area contributed by atoms with Crippen LogP contribution >= 0.6 is 15.9 Å². The molecule has 3 N–H and O–H groups in total. The van der Waals surface area contributed by atoms with E-state index in [1.54, 1.807) is 13.8 Å². The first-order valence-electron chi connectivity index (χ1n) is 4.85. The average molecular weight is 321 g/mol. The molecule has 1 aromatic rings. The predicted octanol–water partition coefficient (Wildman–Crippen LogP) is 1.69. The summed E-state index contributed by atoms with van der Waals surface area (Å²) in [7, 11) is -3.73. The van der Waals surface area contributed by atoms with Crippen molar-refractivity contribution in [3.63, 3.8) is 0 Å². The molecule has 0 spiro atoms. The van der Waals surface area contributed by atoms with Gasteiger partial charge in [0.25, 0.3) is 0 Å². The molecule has 0 saturated carbocycles. The van der Waals surface area contributed by atoms with Gasteiger partial charge in [0.1, 0.15) is 0 Å². The highest BCUT2D eigenvalue weighted by molar-refractivity contribution is 9.10. The second-order valence-corrected chi connectivity index (χ2v) is 6.25. The van der Waals surface area contributed by atoms with Gasteiger partial charge in [-0.2, -0.15) is 0 Å². The van der Waals surface area contributed by atoms with Crippen molar-refractivity contribution in [1.82, 2.24) is 0 Å². The van der Waals surface area contributed by atoms with E-state index in [1.165, 1.54) is 18.2 Å². The maximum Gasteiger partial charge on any atom is 0.238 e. The molecule has 0 radical (unpaired) electrons. The summed E-state index contributed by atoms with van der Waals surface area (Å²) in [4.78, 5) is 11.5. The molecule has 1 rings (SSSR count). The van der Waals surface area contributed by atoms with E-state index in [0.717, 1.165) is 0 Å². The lowest BCUT2D eigenvalue weighted by atomic mass is 10.2. The van der Waals surface area contributed by atoms with Crippen LogP contribution in [-0.4, -0.2) is 14.3 Å². The maximum atomic E-state index is 11.5. The van der Waals surface area contributed by atoms with Gasteiger partial charge in [-0.05, 0) is 34.1 Å². The molecule has 0 unspecified atom stereocenters. The zero-order valence-corrected chi connectivity index (χ0v) is 11.8. The van der Waals surface area contributed by atoms with Crippen LogP contribution in [0, 0.1) is 5.92 Å². The molecule has 0 aliphatic rings. The van der Waals surface area contributed by atoms with E-state index in [9.17, 15) is 13.2 Å². The van der Waals surface area contributed by atoms with Gasteiger partial charge in [-0.3, -0.25) is 4.79 Å². The van der Waals surface area contributed by atoms with E-state index in [0.29, 0.717) is 10.2 Å². The standard InChI is InChI=1S/C10H13BrN2O3S/c1-6(2)10(14)13-9-4-3-7(5-8(9)11)17(12,15)16/h3-6H,1-2H3,(H,13,14)(H2,12,15,16). The Morgan fingerprint density at radius 3 is 2.41 bits per heavy atom. The largest absolute Gasteiger partial charge is 0.325 e. The second-order valence-electron chi connectivity index (χ2n) is 3.83. The molecule has 0 atom stereocenters. The lowest BCUT2D eigenvalue weighted by Crippen LogP contribution is -2.18. The highest BCUT2D eigenvalue weighted by atomic mass is 79.9. The van der Waals surface area contributed by atoms with E-state index >= 15 is 0 Å². The number of nitrogens with one attached hydrogen (secondary N) is 1. The molecule has 1 amide bonds. The van der Waals surface area contributed by atoms with Crippen molar-refractivity contribution in [3.8, 4) is 0 Å². The number of benzene rings is 1. The quantitative estimate of drug-likeness (QED) is 0.888. The van der Waals surface area contributed by atoms with Gasteiger partial charge in [0, 0.05) is 10.4 Å². The molecule has 94 valence electrons. The van der Waals surface area contributed by atoms with Gasteiger partial charge < -0.3 is 5.32 Å². The summed E-state index contributed by atoms with van der Waals surface area (Å²) in [5.41, 5.74) is 0.510. The molecule has 7 heteroatoms. The van der Waals surface area contributed by atoms with Crippen LogP contribution in [0.1, 0.15) is 13.8 Å². The van der Waals surface area contributed by atoms with Gasteiger partial charge in [-0.1, -0.05) is 13.8 Å². The molecule has 1 aromatic carbocycles. The third-order valence-electron chi connectivity index (χ3n) is 2.05. The van der Waals surface area contributed by atoms with E-state index in [4.69, 9.17) is 5.14 Å². The van der Waals surface area contributed by atoms with Crippen molar-refractivity contribution in [2.45, 2.75) is 18.7 Å². The average Bonchev–Trinajstić information content (AvgIpc) is 2.19. The molecule has 0 aromatic heterocycles. The third kappa shape index (κ3) is 3.79. The number of amides is 1.